The Hall–Kier alpha value is -0.910. The molecule has 1 unspecified atom stereocenters. The summed E-state index contributed by atoms with van der Waals surface area (Å²) in [6.07, 6.45) is 5.13. The predicted molar refractivity (Wildman–Crippen MR) is 61.4 cm³/mol. The van der Waals surface area contributed by atoms with E-state index < -0.39 is 0 Å². The van der Waals surface area contributed by atoms with Crippen molar-refractivity contribution in [3.05, 3.63) is 18.0 Å². The lowest BCUT2D eigenvalue weighted by Crippen LogP contribution is -2.32. The average Bonchev–Trinajstić information content (AvgIpc) is 2.74. The Morgan fingerprint density at radius 2 is 2.38 bits per heavy atom. The maximum absolute atomic E-state index is 5.63. The van der Waals surface area contributed by atoms with E-state index >= 15 is 0 Å². The average molecular weight is 224 g/mol. The number of rotatable bonds is 4. The molecule has 1 aromatic rings. The van der Waals surface area contributed by atoms with E-state index in [1.54, 1.807) is 0 Å². The third kappa shape index (κ3) is 2.61. The second-order valence-electron chi connectivity index (χ2n) is 4.39. The van der Waals surface area contributed by atoms with Crippen molar-refractivity contribution in [1.29, 1.82) is 0 Å². The summed E-state index contributed by atoms with van der Waals surface area (Å²) in [5.41, 5.74) is 4.04. The summed E-state index contributed by atoms with van der Waals surface area (Å²) in [4.78, 5) is 0. The number of ether oxygens (including phenoxy) is 1. The van der Waals surface area contributed by atoms with Gasteiger partial charge in [0.1, 0.15) is 0 Å². The van der Waals surface area contributed by atoms with Gasteiger partial charge in [-0.1, -0.05) is 0 Å². The molecule has 0 bridgehead atoms. The molecule has 0 radical (unpaired) electrons. The minimum atomic E-state index is 0.190. The first kappa shape index (κ1) is 11.6. The van der Waals surface area contributed by atoms with Crippen LogP contribution in [0.15, 0.2) is 12.3 Å². The lowest BCUT2D eigenvalue weighted by molar-refractivity contribution is 0.0602. The van der Waals surface area contributed by atoms with E-state index in [4.69, 9.17) is 10.6 Å². The first-order valence-electron chi connectivity index (χ1n) is 5.83. The van der Waals surface area contributed by atoms with Crippen LogP contribution in [0.3, 0.4) is 0 Å². The Balaban J connectivity index is 1.97. The molecular formula is C11H20N4O. The minimum absolute atomic E-state index is 0.190. The van der Waals surface area contributed by atoms with Crippen molar-refractivity contribution in [2.45, 2.75) is 25.3 Å². The molecule has 1 atom stereocenters. The van der Waals surface area contributed by atoms with E-state index in [2.05, 4.69) is 10.5 Å². The van der Waals surface area contributed by atoms with E-state index in [0.717, 1.165) is 38.2 Å². The number of hydrogen-bond acceptors (Lipinski definition) is 4. The number of hydrogen-bond donors (Lipinski definition) is 2. The van der Waals surface area contributed by atoms with Gasteiger partial charge in [0.2, 0.25) is 0 Å². The molecule has 1 saturated heterocycles. The number of nitrogens with one attached hydrogen (secondary N) is 1. The molecule has 0 aliphatic carbocycles. The topological polar surface area (TPSA) is 65.1 Å². The van der Waals surface area contributed by atoms with E-state index in [1.807, 2.05) is 24.0 Å². The van der Waals surface area contributed by atoms with Crippen molar-refractivity contribution in [2.24, 2.45) is 18.8 Å². The fraction of sp³-hybridized carbons (Fsp3) is 0.727. The number of nitrogens with two attached hydrogens (primary N) is 1. The number of aryl methyl sites for hydroxylation is 1. The Morgan fingerprint density at radius 1 is 1.62 bits per heavy atom. The normalized spacial score (nSPS) is 19.9. The van der Waals surface area contributed by atoms with Crippen LogP contribution in [0.2, 0.25) is 0 Å². The van der Waals surface area contributed by atoms with Crippen LogP contribution in [0.4, 0.5) is 0 Å². The zero-order chi connectivity index (χ0) is 11.4. The van der Waals surface area contributed by atoms with Crippen LogP contribution in [0.25, 0.3) is 0 Å². The lowest BCUT2D eigenvalue weighted by atomic mass is 9.91. The van der Waals surface area contributed by atoms with Gasteiger partial charge in [-0.2, -0.15) is 5.10 Å². The zero-order valence-corrected chi connectivity index (χ0v) is 9.72. The Kier molecular flexibility index (Phi) is 3.93. The van der Waals surface area contributed by atoms with Crippen molar-refractivity contribution < 1.29 is 4.74 Å². The monoisotopic (exact) mass is 224 g/mol. The third-order valence-corrected chi connectivity index (χ3v) is 3.33. The van der Waals surface area contributed by atoms with Gasteiger partial charge >= 0.3 is 0 Å². The second kappa shape index (κ2) is 5.43. The van der Waals surface area contributed by atoms with Crippen molar-refractivity contribution in [2.75, 3.05) is 13.2 Å². The fourth-order valence-electron chi connectivity index (χ4n) is 2.32. The van der Waals surface area contributed by atoms with Gasteiger partial charge in [0.15, 0.2) is 0 Å². The van der Waals surface area contributed by atoms with Crippen molar-refractivity contribution in [3.8, 4) is 0 Å². The molecule has 5 nitrogen and oxygen atoms in total. The van der Waals surface area contributed by atoms with Crippen LogP contribution in [0.1, 0.15) is 31.0 Å². The van der Waals surface area contributed by atoms with Crippen LogP contribution in [-0.2, 0) is 11.8 Å². The van der Waals surface area contributed by atoms with E-state index in [9.17, 15) is 0 Å². The van der Waals surface area contributed by atoms with Crippen molar-refractivity contribution >= 4 is 0 Å². The molecule has 1 aliphatic rings. The van der Waals surface area contributed by atoms with Crippen LogP contribution in [0, 0.1) is 5.92 Å². The smallest absolute Gasteiger partial charge is 0.0631 e. The van der Waals surface area contributed by atoms with Gasteiger partial charge in [0, 0.05) is 26.5 Å². The molecule has 0 saturated carbocycles. The summed E-state index contributed by atoms with van der Waals surface area (Å²) >= 11 is 0. The van der Waals surface area contributed by atoms with Gasteiger partial charge in [0.05, 0.1) is 11.7 Å². The first-order valence-corrected chi connectivity index (χ1v) is 5.83. The van der Waals surface area contributed by atoms with Crippen LogP contribution in [0.5, 0.6) is 0 Å². The van der Waals surface area contributed by atoms with Crippen LogP contribution < -0.4 is 11.3 Å². The molecule has 2 rings (SSSR count). The Labute approximate surface area is 95.9 Å². The summed E-state index contributed by atoms with van der Waals surface area (Å²) < 4.78 is 7.24. The van der Waals surface area contributed by atoms with Gasteiger partial charge in [0.25, 0.3) is 0 Å². The maximum Gasteiger partial charge on any atom is 0.0631 e. The van der Waals surface area contributed by atoms with Crippen molar-refractivity contribution in [3.63, 3.8) is 0 Å². The molecule has 0 amide bonds. The number of nitrogens with zero attached hydrogens (tertiary/aromatic N) is 2. The standard InChI is InChI=1S/C11H20N4O/c1-15-11(2-5-13-15)10(14-12)8-9-3-6-16-7-4-9/h2,5,9-10,14H,3-4,6-8,12H2,1H3. The predicted octanol–water partition coefficient (Wildman–Crippen LogP) is 0.741. The molecule has 3 N–H and O–H groups in total. The highest BCUT2D eigenvalue weighted by molar-refractivity contribution is 5.06. The van der Waals surface area contributed by atoms with Crippen molar-refractivity contribution in [1.82, 2.24) is 15.2 Å². The molecule has 90 valence electrons. The van der Waals surface area contributed by atoms with Crippen LogP contribution in [-0.4, -0.2) is 23.0 Å². The highest BCUT2D eigenvalue weighted by Gasteiger charge is 2.21. The van der Waals surface area contributed by atoms with Gasteiger partial charge in [-0.05, 0) is 31.2 Å². The molecule has 0 spiro atoms. The van der Waals surface area contributed by atoms with Crippen LogP contribution >= 0.6 is 0 Å². The molecule has 16 heavy (non-hydrogen) atoms. The maximum atomic E-state index is 5.63. The third-order valence-electron chi connectivity index (χ3n) is 3.33. The summed E-state index contributed by atoms with van der Waals surface area (Å²) in [5.74, 6) is 6.33. The zero-order valence-electron chi connectivity index (χ0n) is 9.72. The Bertz CT molecular complexity index is 320. The molecular weight excluding hydrogens is 204 g/mol. The Morgan fingerprint density at radius 3 is 2.94 bits per heavy atom. The molecule has 1 aromatic heterocycles. The summed E-state index contributed by atoms with van der Waals surface area (Å²) in [6.45, 7) is 1.76. The molecule has 0 aromatic carbocycles. The van der Waals surface area contributed by atoms with E-state index in [1.165, 1.54) is 0 Å². The second-order valence-corrected chi connectivity index (χ2v) is 4.39. The molecule has 1 aliphatic heterocycles. The first-order chi connectivity index (χ1) is 7.81. The SMILES string of the molecule is Cn1nccc1C(CC1CCOCC1)NN. The molecule has 5 heteroatoms. The highest BCUT2D eigenvalue weighted by atomic mass is 16.5. The number of aromatic nitrogens is 2. The largest absolute Gasteiger partial charge is 0.381 e. The summed E-state index contributed by atoms with van der Waals surface area (Å²) in [6, 6.07) is 2.21. The van der Waals surface area contributed by atoms with Gasteiger partial charge in [-0.15, -0.1) is 0 Å². The van der Waals surface area contributed by atoms with E-state index in [0.29, 0.717) is 5.92 Å². The van der Waals surface area contributed by atoms with Gasteiger partial charge < -0.3 is 4.74 Å². The van der Waals surface area contributed by atoms with E-state index in [-0.39, 0.29) is 6.04 Å². The molecule has 2 heterocycles. The quantitative estimate of drug-likeness (QED) is 0.585. The highest BCUT2D eigenvalue weighted by Crippen LogP contribution is 2.26. The molecule has 1 fully saturated rings. The minimum Gasteiger partial charge on any atom is -0.381 e. The summed E-state index contributed by atoms with van der Waals surface area (Å²) in [5, 5.41) is 4.17. The number of hydrazine groups is 1. The summed E-state index contributed by atoms with van der Waals surface area (Å²) in [7, 11) is 1.95. The van der Waals surface area contributed by atoms with Gasteiger partial charge in [-0.3, -0.25) is 16.0 Å². The lowest BCUT2D eigenvalue weighted by Gasteiger charge is -2.26. The van der Waals surface area contributed by atoms with Gasteiger partial charge in [-0.25, -0.2) is 0 Å². The fourth-order valence-corrected chi connectivity index (χ4v) is 2.32.